The number of benzene rings is 1. The highest BCUT2D eigenvalue weighted by Gasteiger charge is 1.96. The first-order chi connectivity index (χ1) is 7.84. The van der Waals surface area contributed by atoms with Crippen LogP contribution in [0.4, 0.5) is 5.69 Å². The number of carbonyl (C=O) groups excluding carboxylic acids is 1. The van der Waals surface area contributed by atoms with Gasteiger partial charge in [0.25, 0.3) is 0 Å². The quantitative estimate of drug-likeness (QED) is 0.803. The lowest BCUT2D eigenvalue weighted by molar-refractivity contribution is -0.111. The molecule has 0 aliphatic heterocycles. The van der Waals surface area contributed by atoms with Crippen LogP contribution in [0.5, 0.6) is 0 Å². The normalized spacial score (nSPS) is 10.5. The van der Waals surface area contributed by atoms with Crippen LogP contribution in [0.15, 0.2) is 53.9 Å². The standard InChI is InChI=1S/C13H11NOS/c15-13(9-8-12-7-4-10-16-12)14-11-5-2-1-3-6-11/h1-10H,(H,14,15). The average Bonchev–Trinajstić information content (AvgIpc) is 2.81. The zero-order valence-corrected chi connectivity index (χ0v) is 9.41. The lowest BCUT2D eigenvalue weighted by Crippen LogP contribution is -2.07. The third-order valence-corrected chi connectivity index (χ3v) is 2.82. The fourth-order valence-corrected chi connectivity index (χ4v) is 1.87. The molecule has 2 rings (SSSR count). The van der Waals surface area contributed by atoms with Crippen LogP contribution in [0.25, 0.3) is 6.08 Å². The Bertz CT molecular complexity index is 474. The first kappa shape index (κ1) is 10.6. The predicted octanol–water partition coefficient (Wildman–Crippen LogP) is 3.40. The van der Waals surface area contributed by atoms with E-state index in [1.807, 2.05) is 53.9 Å². The van der Waals surface area contributed by atoms with E-state index in [-0.39, 0.29) is 5.91 Å². The number of nitrogens with one attached hydrogen (secondary N) is 1. The maximum atomic E-state index is 11.5. The van der Waals surface area contributed by atoms with E-state index in [1.54, 1.807) is 17.4 Å². The molecule has 0 bridgehead atoms. The van der Waals surface area contributed by atoms with E-state index in [0.717, 1.165) is 10.6 Å². The molecule has 1 N–H and O–H groups in total. The van der Waals surface area contributed by atoms with Gasteiger partial charge in [0.15, 0.2) is 0 Å². The summed E-state index contributed by atoms with van der Waals surface area (Å²) in [4.78, 5) is 12.6. The molecule has 1 aromatic heterocycles. The van der Waals surface area contributed by atoms with Crippen molar-refractivity contribution in [3.8, 4) is 0 Å². The number of anilines is 1. The van der Waals surface area contributed by atoms with Gasteiger partial charge in [-0.25, -0.2) is 0 Å². The number of hydrogen-bond acceptors (Lipinski definition) is 2. The van der Waals surface area contributed by atoms with Crippen molar-refractivity contribution in [1.82, 2.24) is 0 Å². The molecule has 2 aromatic rings. The number of para-hydroxylation sites is 1. The fraction of sp³-hybridized carbons (Fsp3) is 0. The predicted molar refractivity (Wildman–Crippen MR) is 68.4 cm³/mol. The van der Waals surface area contributed by atoms with Crippen molar-refractivity contribution >= 4 is 29.0 Å². The van der Waals surface area contributed by atoms with Crippen molar-refractivity contribution in [2.24, 2.45) is 0 Å². The molecule has 1 heterocycles. The minimum absolute atomic E-state index is 0.111. The summed E-state index contributed by atoms with van der Waals surface area (Å²) in [6.07, 6.45) is 3.35. The molecule has 0 saturated heterocycles. The minimum atomic E-state index is -0.111. The van der Waals surface area contributed by atoms with Gasteiger partial charge in [-0.05, 0) is 29.7 Å². The van der Waals surface area contributed by atoms with Gasteiger partial charge in [0.2, 0.25) is 5.91 Å². The van der Waals surface area contributed by atoms with Gasteiger partial charge >= 0.3 is 0 Å². The van der Waals surface area contributed by atoms with Crippen LogP contribution in [0.1, 0.15) is 4.88 Å². The summed E-state index contributed by atoms with van der Waals surface area (Å²) in [6, 6.07) is 13.3. The fourth-order valence-electron chi connectivity index (χ4n) is 1.25. The van der Waals surface area contributed by atoms with Gasteiger partial charge in [0.1, 0.15) is 0 Å². The summed E-state index contributed by atoms with van der Waals surface area (Å²) >= 11 is 1.60. The molecular weight excluding hydrogens is 218 g/mol. The number of rotatable bonds is 3. The van der Waals surface area contributed by atoms with E-state index in [0.29, 0.717) is 0 Å². The van der Waals surface area contributed by atoms with Crippen molar-refractivity contribution in [2.45, 2.75) is 0 Å². The Morgan fingerprint density at radius 1 is 1.12 bits per heavy atom. The molecule has 16 heavy (non-hydrogen) atoms. The van der Waals surface area contributed by atoms with E-state index in [2.05, 4.69) is 5.32 Å². The summed E-state index contributed by atoms with van der Waals surface area (Å²) in [7, 11) is 0. The van der Waals surface area contributed by atoms with E-state index >= 15 is 0 Å². The highest BCUT2D eigenvalue weighted by molar-refractivity contribution is 7.10. The average molecular weight is 229 g/mol. The van der Waals surface area contributed by atoms with E-state index in [1.165, 1.54) is 0 Å². The number of amides is 1. The van der Waals surface area contributed by atoms with Crippen LogP contribution in [0.3, 0.4) is 0 Å². The Morgan fingerprint density at radius 3 is 2.62 bits per heavy atom. The molecule has 3 heteroatoms. The smallest absolute Gasteiger partial charge is 0.248 e. The summed E-state index contributed by atoms with van der Waals surface area (Å²) in [5, 5.41) is 4.76. The van der Waals surface area contributed by atoms with Gasteiger partial charge in [-0.1, -0.05) is 24.3 Å². The van der Waals surface area contributed by atoms with Gasteiger partial charge in [-0.3, -0.25) is 4.79 Å². The Hall–Kier alpha value is -1.87. The molecular formula is C13H11NOS. The van der Waals surface area contributed by atoms with Crippen LogP contribution in [0.2, 0.25) is 0 Å². The summed E-state index contributed by atoms with van der Waals surface area (Å²) in [6.45, 7) is 0. The molecule has 0 atom stereocenters. The highest BCUT2D eigenvalue weighted by atomic mass is 32.1. The molecule has 1 amide bonds. The maximum Gasteiger partial charge on any atom is 0.248 e. The van der Waals surface area contributed by atoms with E-state index < -0.39 is 0 Å². The van der Waals surface area contributed by atoms with E-state index in [4.69, 9.17) is 0 Å². The second kappa shape index (κ2) is 5.28. The Labute approximate surface area is 98.2 Å². The summed E-state index contributed by atoms with van der Waals surface area (Å²) in [5.41, 5.74) is 0.809. The van der Waals surface area contributed by atoms with Crippen molar-refractivity contribution < 1.29 is 4.79 Å². The first-order valence-electron chi connectivity index (χ1n) is 4.92. The molecule has 0 aliphatic rings. The molecule has 0 saturated carbocycles. The van der Waals surface area contributed by atoms with Crippen molar-refractivity contribution in [3.63, 3.8) is 0 Å². The second-order valence-corrected chi connectivity index (χ2v) is 4.18. The molecule has 1 aromatic carbocycles. The Morgan fingerprint density at radius 2 is 1.94 bits per heavy atom. The van der Waals surface area contributed by atoms with Crippen LogP contribution in [-0.2, 0) is 4.79 Å². The van der Waals surface area contributed by atoms with Gasteiger partial charge < -0.3 is 5.32 Å². The molecule has 0 unspecified atom stereocenters. The van der Waals surface area contributed by atoms with Crippen LogP contribution in [0, 0.1) is 0 Å². The van der Waals surface area contributed by atoms with Crippen molar-refractivity contribution in [3.05, 3.63) is 58.8 Å². The summed E-state index contributed by atoms with van der Waals surface area (Å²) < 4.78 is 0. The zero-order chi connectivity index (χ0) is 11.2. The van der Waals surface area contributed by atoms with Crippen LogP contribution in [-0.4, -0.2) is 5.91 Å². The molecule has 0 aliphatic carbocycles. The topological polar surface area (TPSA) is 29.1 Å². The summed E-state index contributed by atoms with van der Waals surface area (Å²) in [5.74, 6) is -0.111. The Kier molecular flexibility index (Phi) is 3.51. The number of thiophene rings is 1. The number of carbonyl (C=O) groups is 1. The monoisotopic (exact) mass is 229 g/mol. The first-order valence-corrected chi connectivity index (χ1v) is 5.80. The lowest BCUT2D eigenvalue weighted by Gasteiger charge is -1.99. The Balaban J connectivity index is 1.95. The third-order valence-electron chi connectivity index (χ3n) is 1.98. The maximum absolute atomic E-state index is 11.5. The van der Waals surface area contributed by atoms with Gasteiger partial charge in [-0.2, -0.15) is 0 Å². The SMILES string of the molecule is O=C(C=Cc1cccs1)Nc1ccccc1. The molecule has 80 valence electrons. The van der Waals surface area contributed by atoms with Gasteiger partial charge in [-0.15, -0.1) is 11.3 Å². The molecule has 2 nitrogen and oxygen atoms in total. The molecule has 0 radical (unpaired) electrons. The minimum Gasteiger partial charge on any atom is -0.323 e. The highest BCUT2D eigenvalue weighted by Crippen LogP contribution is 2.10. The van der Waals surface area contributed by atoms with E-state index in [9.17, 15) is 4.79 Å². The largest absolute Gasteiger partial charge is 0.323 e. The van der Waals surface area contributed by atoms with Crippen molar-refractivity contribution in [2.75, 3.05) is 5.32 Å². The number of hydrogen-bond donors (Lipinski definition) is 1. The zero-order valence-electron chi connectivity index (χ0n) is 8.59. The van der Waals surface area contributed by atoms with Crippen molar-refractivity contribution in [1.29, 1.82) is 0 Å². The van der Waals surface area contributed by atoms with Gasteiger partial charge in [0, 0.05) is 16.6 Å². The van der Waals surface area contributed by atoms with Crippen LogP contribution < -0.4 is 5.32 Å². The third kappa shape index (κ3) is 3.07. The second-order valence-electron chi connectivity index (χ2n) is 3.20. The van der Waals surface area contributed by atoms with Gasteiger partial charge in [0.05, 0.1) is 0 Å². The molecule has 0 spiro atoms. The lowest BCUT2D eigenvalue weighted by atomic mass is 10.3. The molecule has 0 fully saturated rings. The van der Waals surface area contributed by atoms with Crippen LogP contribution >= 0.6 is 11.3 Å².